The number of aromatic hydroxyl groups is 1. The van der Waals surface area contributed by atoms with Crippen LogP contribution in [0.4, 0.5) is 10.2 Å². The molecule has 0 aliphatic rings. The first-order valence-corrected chi connectivity index (χ1v) is 5.36. The van der Waals surface area contributed by atoms with Gasteiger partial charge in [-0.1, -0.05) is 17.7 Å². The molecule has 0 saturated heterocycles. The van der Waals surface area contributed by atoms with Gasteiger partial charge in [-0.25, -0.2) is 4.98 Å². The van der Waals surface area contributed by atoms with Crippen LogP contribution >= 0.6 is 11.6 Å². The zero-order valence-electron chi connectivity index (χ0n) is 9.02. The van der Waals surface area contributed by atoms with Gasteiger partial charge in [-0.05, 0) is 30.3 Å². The van der Waals surface area contributed by atoms with Gasteiger partial charge in [0, 0.05) is 5.56 Å². The lowest BCUT2D eigenvalue weighted by Crippen LogP contribution is -2.13. The van der Waals surface area contributed by atoms with Gasteiger partial charge in [-0.2, -0.15) is 4.39 Å². The highest BCUT2D eigenvalue weighted by Gasteiger charge is 2.09. The maximum atomic E-state index is 12.8. The Balaban J connectivity index is 2.19. The van der Waals surface area contributed by atoms with Crippen LogP contribution in [0.1, 0.15) is 10.4 Å². The Morgan fingerprint density at radius 1 is 1.33 bits per heavy atom. The molecule has 0 radical (unpaired) electrons. The third-order valence-electron chi connectivity index (χ3n) is 2.17. The topological polar surface area (TPSA) is 62.2 Å². The number of carbonyl (C=O) groups excluding carboxylic acids is 1. The zero-order valence-corrected chi connectivity index (χ0v) is 9.78. The van der Waals surface area contributed by atoms with E-state index in [2.05, 4.69) is 10.3 Å². The van der Waals surface area contributed by atoms with Gasteiger partial charge < -0.3 is 10.4 Å². The van der Waals surface area contributed by atoms with E-state index in [-0.39, 0.29) is 22.2 Å². The summed E-state index contributed by atoms with van der Waals surface area (Å²) in [6.07, 6.45) is 0. The molecule has 2 rings (SSSR count). The molecule has 0 spiro atoms. The molecular weight excluding hydrogens is 259 g/mol. The molecule has 18 heavy (non-hydrogen) atoms. The van der Waals surface area contributed by atoms with Crippen LogP contribution in [0.15, 0.2) is 36.4 Å². The molecule has 1 aromatic carbocycles. The predicted octanol–water partition coefficient (Wildman–Crippen LogP) is 2.83. The molecule has 0 fully saturated rings. The standard InChI is InChI=1S/C12H8ClFN2O2/c13-8-6-7(4-5-9(8)17)12(18)16-11-3-1-2-10(14)15-11/h1-6,17H,(H,15,16,18). The summed E-state index contributed by atoms with van der Waals surface area (Å²) in [6, 6.07) is 8.08. The van der Waals surface area contributed by atoms with E-state index < -0.39 is 11.9 Å². The van der Waals surface area contributed by atoms with Crippen molar-refractivity contribution in [3.8, 4) is 5.75 Å². The molecule has 1 heterocycles. The van der Waals surface area contributed by atoms with Crippen LogP contribution in [0, 0.1) is 5.95 Å². The van der Waals surface area contributed by atoms with Gasteiger partial charge in [0.1, 0.15) is 11.6 Å². The van der Waals surface area contributed by atoms with Crippen LogP contribution in [-0.4, -0.2) is 16.0 Å². The predicted molar refractivity (Wildman–Crippen MR) is 65.3 cm³/mol. The van der Waals surface area contributed by atoms with Crippen molar-refractivity contribution in [2.45, 2.75) is 0 Å². The molecule has 4 nitrogen and oxygen atoms in total. The van der Waals surface area contributed by atoms with Gasteiger partial charge in [0.2, 0.25) is 5.95 Å². The van der Waals surface area contributed by atoms with Crippen molar-refractivity contribution >= 4 is 23.3 Å². The van der Waals surface area contributed by atoms with E-state index in [1.807, 2.05) is 0 Å². The number of phenols is 1. The highest BCUT2D eigenvalue weighted by atomic mass is 35.5. The van der Waals surface area contributed by atoms with Gasteiger partial charge in [0.05, 0.1) is 5.02 Å². The molecule has 0 saturated carbocycles. The fraction of sp³-hybridized carbons (Fsp3) is 0. The van der Waals surface area contributed by atoms with E-state index in [0.29, 0.717) is 0 Å². The number of rotatable bonds is 2. The Labute approximate surface area is 107 Å². The van der Waals surface area contributed by atoms with E-state index in [4.69, 9.17) is 11.6 Å². The van der Waals surface area contributed by atoms with Crippen molar-refractivity contribution in [1.29, 1.82) is 0 Å². The summed E-state index contributed by atoms with van der Waals surface area (Å²) in [4.78, 5) is 15.3. The first kappa shape index (κ1) is 12.3. The minimum atomic E-state index is -0.684. The van der Waals surface area contributed by atoms with E-state index in [1.165, 1.54) is 36.4 Å². The summed E-state index contributed by atoms with van der Waals surface area (Å²) in [5, 5.41) is 11.7. The fourth-order valence-electron chi connectivity index (χ4n) is 1.31. The highest BCUT2D eigenvalue weighted by molar-refractivity contribution is 6.32. The maximum absolute atomic E-state index is 12.8. The Kier molecular flexibility index (Phi) is 3.43. The third-order valence-corrected chi connectivity index (χ3v) is 2.47. The lowest BCUT2D eigenvalue weighted by Gasteiger charge is -2.05. The lowest BCUT2D eigenvalue weighted by atomic mass is 10.2. The van der Waals surface area contributed by atoms with E-state index in [0.717, 1.165) is 0 Å². The molecule has 2 N–H and O–H groups in total. The summed E-state index contributed by atoms with van der Waals surface area (Å²) in [5.74, 6) is -1.19. The average molecular weight is 267 g/mol. The number of phenolic OH excluding ortho intramolecular Hbond substituents is 1. The van der Waals surface area contributed by atoms with E-state index >= 15 is 0 Å². The molecule has 0 aliphatic heterocycles. The van der Waals surface area contributed by atoms with Crippen LogP contribution in [0.3, 0.4) is 0 Å². The van der Waals surface area contributed by atoms with Gasteiger partial charge in [-0.15, -0.1) is 0 Å². The number of nitrogens with one attached hydrogen (secondary N) is 1. The number of halogens is 2. The number of hydrogen-bond acceptors (Lipinski definition) is 3. The van der Waals surface area contributed by atoms with Crippen molar-refractivity contribution < 1.29 is 14.3 Å². The molecule has 0 atom stereocenters. The van der Waals surface area contributed by atoms with Crippen LogP contribution in [0.2, 0.25) is 5.02 Å². The smallest absolute Gasteiger partial charge is 0.256 e. The number of aromatic nitrogens is 1. The van der Waals surface area contributed by atoms with Crippen molar-refractivity contribution in [3.05, 3.63) is 52.9 Å². The van der Waals surface area contributed by atoms with Crippen LogP contribution in [0.5, 0.6) is 5.75 Å². The first-order valence-electron chi connectivity index (χ1n) is 4.98. The molecule has 0 unspecified atom stereocenters. The molecule has 2 aromatic rings. The first-order chi connectivity index (χ1) is 8.56. The van der Waals surface area contributed by atoms with Gasteiger partial charge in [0.15, 0.2) is 0 Å². The second-order valence-corrected chi connectivity index (χ2v) is 3.87. The minimum absolute atomic E-state index is 0.0647. The largest absolute Gasteiger partial charge is 0.506 e. The quantitative estimate of drug-likeness (QED) is 0.822. The number of pyridine rings is 1. The molecule has 1 aromatic heterocycles. The highest BCUT2D eigenvalue weighted by Crippen LogP contribution is 2.23. The van der Waals surface area contributed by atoms with Gasteiger partial charge in [0.25, 0.3) is 5.91 Å². The molecule has 1 amide bonds. The maximum Gasteiger partial charge on any atom is 0.256 e. The second-order valence-electron chi connectivity index (χ2n) is 3.47. The van der Waals surface area contributed by atoms with Crippen molar-refractivity contribution in [2.75, 3.05) is 5.32 Å². The second kappa shape index (κ2) is 5.01. The Morgan fingerprint density at radius 3 is 2.78 bits per heavy atom. The monoisotopic (exact) mass is 266 g/mol. The number of amides is 1. The van der Waals surface area contributed by atoms with Crippen molar-refractivity contribution in [2.24, 2.45) is 0 Å². The zero-order chi connectivity index (χ0) is 13.1. The van der Waals surface area contributed by atoms with Gasteiger partial charge >= 0.3 is 0 Å². The van der Waals surface area contributed by atoms with Crippen LogP contribution in [0.25, 0.3) is 0 Å². The molecule has 6 heteroatoms. The summed E-state index contributed by atoms with van der Waals surface area (Å²) in [5.41, 5.74) is 0.240. The lowest BCUT2D eigenvalue weighted by molar-refractivity contribution is 0.102. The van der Waals surface area contributed by atoms with Gasteiger partial charge in [-0.3, -0.25) is 4.79 Å². The molecule has 0 bridgehead atoms. The molecule has 0 aliphatic carbocycles. The number of carbonyl (C=O) groups is 1. The third kappa shape index (κ3) is 2.75. The SMILES string of the molecule is O=C(Nc1cccc(F)n1)c1ccc(O)c(Cl)c1. The van der Waals surface area contributed by atoms with Crippen LogP contribution in [-0.2, 0) is 0 Å². The Hall–Kier alpha value is -2.14. The average Bonchev–Trinajstić information content (AvgIpc) is 2.32. The molecular formula is C12H8ClFN2O2. The van der Waals surface area contributed by atoms with E-state index in [9.17, 15) is 14.3 Å². The Morgan fingerprint density at radius 2 is 2.11 bits per heavy atom. The molecule has 92 valence electrons. The summed E-state index contributed by atoms with van der Waals surface area (Å²) in [6.45, 7) is 0. The van der Waals surface area contributed by atoms with E-state index in [1.54, 1.807) is 0 Å². The normalized spacial score (nSPS) is 10.1. The van der Waals surface area contributed by atoms with Crippen molar-refractivity contribution in [3.63, 3.8) is 0 Å². The summed E-state index contributed by atoms with van der Waals surface area (Å²) < 4.78 is 12.8. The fourth-order valence-corrected chi connectivity index (χ4v) is 1.50. The summed E-state index contributed by atoms with van der Waals surface area (Å²) in [7, 11) is 0. The Bertz CT molecular complexity index is 604. The summed E-state index contributed by atoms with van der Waals surface area (Å²) >= 11 is 5.68. The number of anilines is 1. The number of hydrogen-bond donors (Lipinski definition) is 2. The minimum Gasteiger partial charge on any atom is -0.506 e. The van der Waals surface area contributed by atoms with Crippen molar-refractivity contribution in [1.82, 2.24) is 4.98 Å². The van der Waals surface area contributed by atoms with Crippen LogP contribution < -0.4 is 5.32 Å². The number of nitrogens with zero attached hydrogens (tertiary/aromatic N) is 1. The number of benzene rings is 1.